The molecule has 104 valence electrons. The van der Waals surface area contributed by atoms with E-state index in [1.165, 1.54) is 4.88 Å². The third-order valence-electron chi connectivity index (χ3n) is 3.28. The van der Waals surface area contributed by atoms with Gasteiger partial charge < -0.3 is 20.0 Å². The van der Waals surface area contributed by atoms with Crippen LogP contribution in [0.1, 0.15) is 16.5 Å². The first-order chi connectivity index (χ1) is 9.71. The summed E-state index contributed by atoms with van der Waals surface area (Å²) < 4.78 is 5.23. The minimum absolute atomic E-state index is 0.0757. The Morgan fingerprint density at radius 1 is 1.25 bits per heavy atom. The highest BCUT2D eigenvalue weighted by Gasteiger charge is 2.15. The van der Waals surface area contributed by atoms with E-state index in [1.54, 1.807) is 18.4 Å². The predicted octanol–water partition coefficient (Wildman–Crippen LogP) is 2.24. The van der Waals surface area contributed by atoms with E-state index in [-0.39, 0.29) is 11.7 Å². The van der Waals surface area contributed by atoms with Gasteiger partial charge in [0.2, 0.25) is 0 Å². The number of H-pyrrole nitrogens is 2. The molecular formula is C14H15N3O2S. The number of aromatic nitrogens is 2. The number of hydrogen-bond acceptors (Lipinski definition) is 4. The highest BCUT2D eigenvalue weighted by Crippen LogP contribution is 2.31. The molecule has 0 aliphatic heterocycles. The molecule has 1 unspecified atom stereocenters. The van der Waals surface area contributed by atoms with Crippen LogP contribution in [0.2, 0.25) is 0 Å². The van der Waals surface area contributed by atoms with Gasteiger partial charge in [-0.25, -0.2) is 4.79 Å². The maximum absolute atomic E-state index is 11.3. The number of aromatic amines is 2. The van der Waals surface area contributed by atoms with Gasteiger partial charge in [0.1, 0.15) is 5.75 Å². The molecule has 3 N–H and O–H groups in total. The van der Waals surface area contributed by atoms with Gasteiger partial charge in [-0.05, 0) is 30.8 Å². The van der Waals surface area contributed by atoms with E-state index >= 15 is 0 Å². The summed E-state index contributed by atoms with van der Waals surface area (Å²) in [7, 11) is 3.58. The fraction of sp³-hybridized carbons (Fsp3) is 0.214. The van der Waals surface area contributed by atoms with Crippen LogP contribution in [0.3, 0.4) is 0 Å². The van der Waals surface area contributed by atoms with E-state index in [9.17, 15) is 4.79 Å². The van der Waals surface area contributed by atoms with Gasteiger partial charge in [0, 0.05) is 10.3 Å². The number of thiophene rings is 1. The van der Waals surface area contributed by atoms with Crippen molar-refractivity contribution in [1.29, 1.82) is 0 Å². The first-order valence-corrected chi connectivity index (χ1v) is 7.11. The summed E-state index contributed by atoms with van der Waals surface area (Å²) in [4.78, 5) is 18.0. The number of ether oxygens (including phenoxy) is 1. The molecule has 0 aliphatic carbocycles. The topological polar surface area (TPSA) is 69.9 Å². The summed E-state index contributed by atoms with van der Waals surface area (Å²) in [5.41, 5.74) is 2.55. The quantitative estimate of drug-likeness (QED) is 0.690. The van der Waals surface area contributed by atoms with Gasteiger partial charge in [0.05, 0.1) is 24.2 Å². The van der Waals surface area contributed by atoms with E-state index in [2.05, 4.69) is 15.3 Å². The van der Waals surface area contributed by atoms with Gasteiger partial charge in [-0.1, -0.05) is 6.07 Å². The van der Waals surface area contributed by atoms with Crippen LogP contribution >= 0.6 is 11.3 Å². The lowest BCUT2D eigenvalue weighted by molar-refractivity contribution is 0.416. The van der Waals surface area contributed by atoms with E-state index in [1.807, 2.05) is 36.7 Å². The molecule has 0 fully saturated rings. The number of benzene rings is 1. The molecule has 2 heterocycles. The summed E-state index contributed by atoms with van der Waals surface area (Å²) in [6, 6.07) is 8.01. The minimum Gasteiger partial charge on any atom is -0.496 e. The fourth-order valence-corrected chi connectivity index (χ4v) is 3.29. The Bertz CT molecular complexity index is 787. The molecule has 5 nitrogen and oxygen atoms in total. The molecular weight excluding hydrogens is 274 g/mol. The Kier molecular flexibility index (Phi) is 3.33. The Morgan fingerprint density at radius 3 is 2.75 bits per heavy atom. The monoisotopic (exact) mass is 289 g/mol. The normalized spacial score (nSPS) is 12.7. The molecule has 6 heteroatoms. The Morgan fingerprint density at radius 2 is 2.05 bits per heavy atom. The molecule has 2 aromatic heterocycles. The lowest BCUT2D eigenvalue weighted by Crippen LogP contribution is -2.16. The van der Waals surface area contributed by atoms with Gasteiger partial charge in [-0.3, -0.25) is 0 Å². The van der Waals surface area contributed by atoms with Gasteiger partial charge in [-0.15, -0.1) is 11.3 Å². The summed E-state index contributed by atoms with van der Waals surface area (Å²) in [5, 5.41) is 5.28. The second kappa shape index (κ2) is 5.15. The molecule has 0 radical (unpaired) electrons. The summed E-state index contributed by atoms with van der Waals surface area (Å²) >= 11 is 1.65. The SMILES string of the molecule is CNC(c1ccc2[nH]c(=O)[nH]c2c1)c1cc(OC)cs1. The van der Waals surface area contributed by atoms with Crippen LogP contribution in [0.15, 0.2) is 34.4 Å². The second-order valence-corrected chi connectivity index (χ2v) is 5.44. The predicted molar refractivity (Wildman–Crippen MR) is 80.7 cm³/mol. The zero-order chi connectivity index (χ0) is 14.1. The van der Waals surface area contributed by atoms with Crippen molar-refractivity contribution < 1.29 is 4.74 Å². The number of hydrogen-bond donors (Lipinski definition) is 3. The molecule has 3 aromatic rings. The maximum Gasteiger partial charge on any atom is 0.323 e. The second-order valence-electron chi connectivity index (χ2n) is 4.49. The Labute approximate surface area is 119 Å². The largest absolute Gasteiger partial charge is 0.496 e. The molecule has 20 heavy (non-hydrogen) atoms. The van der Waals surface area contributed by atoms with Crippen molar-refractivity contribution in [2.45, 2.75) is 6.04 Å². The molecule has 0 amide bonds. The average Bonchev–Trinajstić information content (AvgIpc) is 3.04. The van der Waals surface area contributed by atoms with Crippen molar-refractivity contribution in [1.82, 2.24) is 15.3 Å². The van der Waals surface area contributed by atoms with Gasteiger partial charge in [0.25, 0.3) is 0 Å². The molecule has 0 saturated carbocycles. The minimum atomic E-state index is -0.184. The summed E-state index contributed by atoms with van der Waals surface area (Å²) in [5.74, 6) is 0.862. The van der Waals surface area contributed by atoms with Crippen LogP contribution in [-0.4, -0.2) is 24.1 Å². The number of nitrogens with one attached hydrogen (secondary N) is 3. The highest BCUT2D eigenvalue weighted by molar-refractivity contribution is 7.10. The van der Waals surface area contributed by atoms with E-state index < -0.39 is 0 Å². The maximum atomic E-state index is 11.3. The average molecular weight is 289 g/mol. The molecule has 3 rings (SSSR count). The van der Waals surface area contributed by atoms with Crippen LogP contribution in [0.5, 0.6) is 5.75 Å². The lowest BCUT2D eigenvalue weighted by atomic mass is 10.0. The van der Waals surface area contributed by atoms with Crippen LogP contribution in [0.4, 0.5) is 0 Å². The molecule has 0 aliphatic rings. The van der Waals surface area contributed by atoms with E-state index in [0.29, 0.717) is 0 Å². The summed E-state index contributed by atoms with van der Waals surface area (Å²) in [6.45, 7) is 0. The van der Waals surface area contributed by atoms with Crippen molar-refractivity contribution >= 4 is 22.4 Å². The van der Waals surface area contributed by atoms with Crippen molar-refractivity contribution in [2.24, 2.45) is 0 Å². The fourth-order valence-electron chi connectivity index (χ4n) is 2.30. The Balaban J connectivity index is 2.03. The third kappa shape index (κ3) is 2.23. The van der Waals surface area contributed by atoms with Crippen LogP contribution in [0.25, 0.3) is 11.0 Å². The number of rotatable bonds is 4. The number of methoxy groups -OCH3 is 1. The van der Waals surface area contributed by atoms with Crippen molar-refractivity contribution in [3.05, 3.63) is 50.6 Å². The lowest BCUT2D eigenvalue weighted by Gasteiger charge is -2.14. The van der Waals surface area contributed by atoms with E-state index in [0.717, 1.165) is 22.3 Å². The zero-order valence-electron chi connectivity index (χ0n) is 11.2. The van der Waals surface area contributed by atoms with Crippen molar-refractivity contribution in [3.63, 3.8) is 0 Å². The highest BCUT2D eigenvalue weighted by atomic mass is 32.1. The number of imidazole rings is 1. The smallest absolute Gasteiger partial charge is 0.323 e. The molecule has 0 saturated heterocycles. The first-order valence-electron chi connectivity index (χ1n) is 6.23. The van der Waals surface area contributed by atoms with Crippen LogP contribution in [0, 0.1) is 0 Å². The number of fused-ring (bicyclic) bond motifs is 1. The van der Waals surface area contributed by atoms with Gasteiger partial charge in [-0.2, -0.15) is 0 Å². The van der Waals surface area contributed by atoms with Crippen molar-refractivity contribution in [3.8, 4) is 5.75 Å². The Hall–Kier alpha value is -2.05. The molecule has 0 bridgehead atoms. The standard InChI is InChI=1S/C14H15N3O2S/c1-15-13(12-6-9(19-2)7-20-12)8-3-4-10-11(5-8)17-14(18)16-10/h3-7,13,15H,1-2H3,(H2,16,17,18). The third-order valence-corrected chi connectivity index (χ3v) is 4.25. The summed E-state index contributed by atoms with van der Waals surface area (Å²) in [6.07, 6.45) is 0. The van der Waals surface area contributed by atoms with Crippen molar-refractivity contribution in [2.75, 3.05) is 14.2 Å². The van der Waals surface area contributed by atoms with Gasteiger partial charge >= 0.3 is 5.69 Å². The zero-order valence-corrected chi connectivity index (χ0v) is 12.0. The van der Waals surface area contributed by atoms with Gasteiger partial charge in [0.15, 0.2) is 0 Å². The molecule has 1 atom stereocenters. The van der Waals surface area contributed by atoms with Crippen LogP contribution in [-0.2, 0) is 0 Å². The molecule has 0 spiro atoms. The first kappa shape index (κ1) is 13.0. The van der Waals surface area contributed by atoms with Crippen LogP contribution < -0.4 is 15.7 Å². The molecule has 1 aromatic carbocycles. The van der Waals surface area contributed by atoms with E-state index in [4.69, 9.17) is 4.74 Å².